The molecule has 28 heavy (non-hydrogen) atoms. The molecule has 0 aliphatic carbocycles. The highest BCUT2D eigenvalue weighted by Gasteiger charge is 2.46. The number of fused-ring (bicyclic) bond motifs is 4. The van der Waals surface area contributed by atoms with Crippen molar-refractivity contribution in [3.8, 4) is 0 Å². The van der Waals surface area contributed by atoms with Gasteiger partial charge in [0.25, 0.3) is 0 Å². The van der Waals surface area contributed by atoms with Crippen LogP contribution in [0, 0.1) is 11.8 Å². The molecule has 0 saturated carbocycles. The van der Waals surface area contributed by atoms with Crippen molar-refractivity contribution in [2.75, 3.05) is 32.8 Å². The highest BCUT2D eigenvalue weighted by Crippen LogP contribution is 2.39. The number of carbonyl (C=O) groups is 2. The Hall–Kier alpha value is -1.82. The summed E-state index contributed by atoms with van der Waals surface area (Å²) < 4.78 is 7.84. The fourth-order valence-corrected chi connectivity index (χ4v) is 6.14. The lowest BCUT2D eigenvalue weighted by molar-refractivity contribution is -0.150. The Morgan fingerprint density at radius 2 is 1.93 bits per heavy atom. The van der Waals surface area contributed by atoms with Crippen LogP contribution in [0.1, 0.15) is 44.9 Å². The van der Waals surface area contributed by atoms with Gasteiger partial charge in [0.2, 0.25) is 11.8 Å². The molecule has 1 aromatic rings. The van der Waals surface area contributed by atoms with Gasteiger partial charge in [-0.05, 0) is 56.1 Å². The first-order valence-electron chi connectivity index (χ1n) is 10.9. The molecule has 4 aliphatic heterocycles. The van der Waals surface area contributed by atoms with Gasteiger partial charge in [-0.2, -0.15) is 0 Å². The number of hydrogen-bond donors (Lipinski definition) is 0. The summed E-state index contributed by atoms with van der Waals surface area (Å²) in [5, 5.41) is 0. The van der Waals surface area contributed by atoms with Crippen LogP contribution in [0.25, 0.3) is 0 Å². The Balaban J connectivity index is 1.31. The number of carbonyl (C=O) groups excluding carboxylic acids is 2. The molecule has 152 valence electrons. The summed E-state index contributed by atoms with van der Waals surface area (Å²) in [6.45, 7) is 3.91. The molecule has 1 aromatic heterocycles. The van der Waals surface area contributed by atoms with E-state index in [4.69, 9.17) is 4.74 Å². The third-order valence-electron chi connectivity index (χ3n) is 7.59. The van der Waals surface area contributed by atoms with Gasteiger partial charge in [0.1, 0.15) is 0 Å². The molecule has 6 nitrogen and oxygen atoms in total. The van der Waals surface area contributed by atoms with E-state index in [1.807, 2.05) is 12.1 Å². The van der Waals surface area contributed by atoms with Crippen LogP contribution < -0.4 is 0 Å². The van der Waals surface area contributed by atoms with Crippen molar-refractivity contribution in [2.24, 2.45) is 11.8 Å². The number of piperidine rings is 3. The van der Waals surface area contributed by atoms with Crippen LogP contribution >= 0.6 is 0 Å². The molecule has 2 amide bonds. The number of rotatable bonds is 3. The van der Waals surface area contributed by atoms with Gasteiger partial charge in [0.05, 0.1) is 12.0 Å². The molecule has 5 heterocycles. The van der Waals surface area contributed by atoms with Crippen molar-refractivity contribution in [2.45, 2.75) is 56.5 Å². The molecule has 5 rings (SSSR count). The fraction of sp³-hybridized carbons (Fsp3) is 0.727. The second-order valence-corrected chi connectivity index (χ2v) is 9.27. The molecule has 4 saturated heterocycles. The maximum Gasteiger partial charge on any atom is 0.224 e. The van der Waals surface area contributed by atoms with Gasteiger partial charge in [0.15, 0.2) is 0 Å². The summed E-state index contributed by atoms with van der Waals surface area (Å²) in [4.78, 5) is 30.0. The Morgan fingerprint density at radius 1 is 1.14 bits per heavy atom. The normalized spacial score (nSPS) is 32.1. The van der Waals surface area contributed by atoms with E-state index in [1.165, 1.54) is 6.42 Å². The van der Waals surface area contributed by atoms with Crippen LogP contribution in [-0.2, 0) is 19.9 Å². The molecule has 4 fully saturated rings. The predicted octanol–water partition coefficient (Wildman–Crippen LogP) is 2.24. The standard InChI is InChI=1S/C22H31N3O3/c26-20-5-3-4-19-18-12-17(15-25(19)20)14-23(16-18)21(27)13-22(6-10-28-11-7-22)24-8-1-2-9-24/h1-2,8-9,17-19H,3-7,10-16H2. The van der Waals surface area contributed by atoms with Gasteiger partial charge in [-0.3, -0.25) is 9.59 Å². The number of hydrogen-bond acceptors (Lipinski definition) is 3. The van der Waals surface area contributed by atoms with Gasteiger partial charge in [-0.25, -0.2) is 0 Å². The number of nitrogens with zero attached hydrogens (tertiary/aromatic N) is 3. The second kappa shape index (κ2) is 7.21. The van der Waals surface area contributed by atoms with E-state index < -0.39 is 0 Å². The molecule has 3 unspecified atom stereocenters. The van der Waals surface area contributed by atoms with Gasteiger partial charge >= 0.3 is 0 Å². The molecule has 4 aliphatic rings. The molecule has 0 radical (unpaired) electrons. The lowest BCUT2D eigenvalue weighted by Gasteiger charge is -2.52. The molecule has 0 spiro atoms. The predicted molar refractivity (Wildman–Crippen MR) is 105 cm³/mol. The molecule has 6 heteroatoms. The van der Waals surface area contributed by atoms with E-state index in [2.05, 4.69) is 26.8 Å². The quantitative estimate of drug-likeness (QED) is 0.802. The highest BCUT2D eigenvalue weighted by molar-refractivity contribution is 5.79. The Morgan fingerprint density at radius 3 is 2.71 bits per heavy atom. The molecule has 3 atom stereocenters. The number of amides is 2. The first-order valence-corrected chi connectivity index (χ1v) is 10.9. The smallest absolute Gasteiger partial charge is 0.224 e. The summed E-state index contributed by atoms with van der Waals surface area (Å²) >= 11 is 0. The summed E-state index contributed by atoms with van der Waals surface area (Å²) in [6.07, 6.45) is 10.5. The van der Waals surface area contributed by atoms with E-state index in [0.29, 0.717) is 36.6 Å². The minimum atomic E-state index is -0.155. The van der Waals surface area contributed by atoms with Crippen LogP contribution in [0.2, 0.25) is 0 Å². The van der Waals surface area contributed by atoms with Crippen LogP contribution in [-0.4, -0.2) is 65.1 Å². The fourth-order valence-electron chi connectivity index (χ4n) is 6.14. The maximum absolute atomic E-state index is 13.4. The Kier molecular flexibility index (Phi) is 4.69. The van der Waals surface area contributed by atoms with Crippen molar-refractivity contribution in [3.05, 3.63) is 24.5 Å². The topological polar surface area (TPSA) is 54.8 Å². The number of likely N-dealkylation sites (tertiary alicyclic amines) is 1. The van der Waals surface area contributed by atoms with Crippen LogP contribution in [0.5, 0.6) is 0 Å². The summed E-state index contributed by atoms with van der Waals surface area (Å²) in [5.74, 6) is 1.51. The Bertz CT molecular complexity index is 725. The van der Waals surface area contributed by atoms with Crippen LogP contribution in [0.15, 0.2) is 24.5 Å². The van der Waals surface area contributed by atoms with Gasteiger partial charge in [-0.15, -0.1) is 0 Å². The Labute approximate surface area is 166 Å². The first-order chi connectivity index (χ1) is 13.6. The molecular formula is C22H31N3O3. The zero-order valence-electron chi connectivity index (χ0n) is 16.6. The average molecular weight is 386 g/mol. The minimum absolute atomic E-state index is 0.155. The highest BCUT2D eigenvalue weighted by atomic mass is 16.5. The van der Waals surface area contributed by atoms with Gasteiger partial charge in [-0.1, -0.05) is 0 Å². The molecule has 0 aromatic carbocycles. The first kappa shape index (κ1) is 18.2. The van der Waals surface area contributed by atoms with E-state index in [9.17, 15) is 9.59 Å². The molecule has 0 N–H and O–H groups in total. The van der Waals surface area contributed by atoms with Crippen molar-refractivity contribution < 1.29 is 14.3 Å². The lowest BCUT2D eigenvalue weighted by Crippen LogP contribution is -2.61. The largest absolute Gasteiger partial charge is 0.381 e. The van der Waals surface area contributed by atoms with Crippen LogP contribution in [0.3, 0.4) is 0 Å². The second-order valence-electron chi connectivity index (χ2n) is 9.27. The third-order valence-corrected chi connectivity index (χ3v) is 7.59. The lowest BCUT2D eigenvalue weighted by atomic mass is 9.75. The zero-order chi connectivity index (χ0) is 19.1. The summed E-state index contributed by atoms with van der Waals surface area (Å²) in [7, 11) is 0. The van der Waals surface area contributed by atoms with Crippen molar-refractivity contribution in [1.82, 2.24) is 14.4 Å². The van der Waals surface area contributed by atoms with Crippen molar-refractivity contribution in [1.29, 1.82) is 0 Å². The van der Waals surface area contributed by atoms with E-state index in [0.717, 1.165) is 58.5 Å². The maximum atomic E-state index is 13.4. The third kappa shape index (κ3) is 3.15. The zero-order valence-corrected chi connectivity index (χ0v) is 16.6. The average Bonchev–Trinajstić information content (AvgIpc) is 3.25. The monoisotopic (exact) mass is 385 g/mol. The van der Waals surface area contributed by atoms with E-state index >= 15 is 0 Å². The SMILES string of the molecule is O=C(CC1(n2cccc2)CCOCC1)N1CC2CC(C1)C1CCCC(=O)N1C2. The van der Waals surface area contributed by atoms with E-state index in [1.54, 1.807) is 0 Å². The van der Waals surface area contributed by atoms with Crippen molar-refractivity contribution in [3.63, 3.8) is 0 Å². The van der Waals surface area contributed by atoms with Crippen molar-refractivity contribution >= 4 is 11.8 Å². The van der Waals surface area contributed by atoms with Gasteiger partial charge in [0, 0.05) is 57.7 Å². The number of ether oxygens (including phenoxy) is 1. The summed E-state index contributed by atoms with van der Waals surface area (Å²) in [6, 6.07) is 4.44. The van der Waals surface area contributed by atoms with E-state index in [-0.39, 0.29) is 11.4 Å². The molecule has 2 bridgehead atoms. The van der Waals surface area contributed by atoms with Crippen LogP contribution in [0.4, 0.5) is 0 Å². The summed E-state index contributed by atoms with van der Waals surface area (Å²) in [5.41, 5.74) is -0.155. The minimum Gasteiger partial charge on any atom is -0.381 e. The van der Waals surface area contributed by atoms with Gasteiger partial charge < -0.3 is 19.1 Å². The molecular weight excluding hydrogens is 354 g/mol. The number of aromatic nitrogens is 1.